The third-order valence-corrected chi connectivity index (χ3v) is 4.32. The van der Waals surface area contributed by atoms with Crippen molar-refractivity contribution >= 4 is 29.1 Å². The van der Waals surface area contributed by atoms with E-state index < -0.39 is 0 Å². The summed E-state index contributed by atoms with van der Waals surface area (Å²) in [7, 11) is 0. The first-order valence-corrected chi connectivity index (χ1v) is 8.79. The molecule has 3 rings (SSSR count). The number of carbonyl (C=O) groups is 2. The highest BCUT2D eigenvalue weighted by Crippen LogP contribution is 2.23. The Morgan fingerprint density at radius 2 is 1.96 bits per heavy atom. The first-order chi connectivity index (χ1) is 13.0. The Morgan fingerprint density at radius 1 is 1.19 bits per heavy atom. The number of benzene rings is 2. The van der Waals surface area contributed by atoms with E-state index in [4.69, 9.17) is 11.6 Å². The van der Waals surface area contributed by atoms with Crippen LogP contribution in [0.5, 0.6) is 0 Å². The smallest absolute Gasteiger partial charge is 0.253 e. The molecule has 0 bridgehead atoms. The zero-order valence-electron chi connectivity index (χ0n) is 14.7. The van der Waals surface area contributed by atoms with Crippen LogP contribution in [0.15, 0.2) is 67.3 Å². The van der Waals surface area contributed by atoms with Crippen LogP contribution in [0.1, 0.15) is 28.9 Å². The van der Waals surface area contributed by atoms with Gasteiger partial charge in [0.25, 0.3) is 5.91 Å². The van der Waals surface area contributed by atoms with E-state index in [1.54, 1.807) is 30.7 Å². The fourth-order valence-corrected chi connectivity index (χ4v) is 2.94. The third kappa shape index (κ3) is 4.95. The summed E-state index contributed by atoms with van der Waals surface area (Å²) in [5, 5.41) is 6.00. The minimum Gasteiger partial charge on any atom is -0.343 e. The molecule has 1 aromatic heterocycles. The molecule has 0 unspecified atom stereocenters. The fraction of sp³-hybridized carbons (Fsp3) is 0.150. The zero-order valence-corrected chi connectivity index (χ0v) is 15.5. The fourth-order valence-electron chi connectivity index (χ4n) is 2.74. The molecule has 1 atom stereocenters. The number of carbonyl (C=O) groups excluding carboxylic acids is 2. The van der Waals surface area contributed by atoms with Crippen LogP contribution in [-0.2, 0) is 11.3 Å². The SMILES string of the molecule is CC(=O)Nc1ccc(Cl)c(C(=O)N[C@H](Cn2ccnc2)c2ccccc2)c1. The number of hydrogen-bond acceptors (Lipinski definition) is 3. The van der Waals surface area contributed by atoms with Crippen LogP contribution < -0.4 is 10.6 Å². The van der Waals surface area contributed by atoms with Crippen LogP contribution in [0.2, 0.25) is 5.02 Å². The highest BCUT2D eigenvalue weighted by atomic mass is 35.5. The van der Waals surface area contributed by atoms with Gasteiger partial charge in [-0.15, -0.1) is 0 Å². The minimum atomic E-state index is -0.318. The number of nitrogens with zero attached hydrogens (tertiary/aromatic N) is 2. The lowest BCUT2D eigenvalue weighted by Gasteiger charge is -2.20. The van der Waals surface area contributed by atoms with E-state index in [9.17, 15) is 9.59 Å². The predicted molar refractivity (Wildman–Crippen MR) is 105 cm³/mol. The standard InChI is InChI=1S/C20H19ClN4O2/c1-14(26)23-16-7-8-18(21)17(11-16)20(27)24-19(12-25-10-9-22-13-25)15-5-3-2-4-6-15/h2-11,13,19H,12H2,1H3,(H,23,26)(H,24,27)/t19-/m1/s1. The van der Waals surface area contributed by atoms with Gasteiger partial charge in [-0.3, -0.25) is 9.59 Å². The van der Waals surface area contributed by atoms with Crippen molar-refractivity contribution < 1.29 is 9.59 Å². The molecule has 138 valence electrons. The zero-order chi connectivity index (χ0) is 19.2. The monoisotopic (exact) mass is 382 g/mol. The van der Waals surface area contributed by atoms with Gasteiger partial charge in [-0.05, 0) is 23.8 Å². The van der Waals surface area contributed by atoms with Crippen LogP contribution in [0.3, 0.4) is 0 Å². The number of anilines is 1. The molecule has 7 heteroatoms. The van der Waals surface area contributed by atoms with Gasteiger partial charge in [0, 0.05) is 31.5 Å². The predicted octanol–water partition coefficient (Wildman–Crippen LogP) is 3.67. The Balaban J connectivity index is 1.85. The van der Waals surface area contributed by atoms with E-state index in [2.05, 4.69) is 15.6 Å². The second kappa shape index (κ2) is 8.51. The average molecular weight is 383 g/mol. The van der Waals surface area contributed by atoms with Crippen molar-refractivity contribution in [2.45, 2.75) is 19.5 Å². The Kier molecular flexibility index (Phi) is 5.88. The lowest BCUT2D eigenvalue weighted by molar-refractivity contribution is -0.114. The molecule has 2 aromatic carbocycles. The van der Waals surface area contributed by atoms with Crippen molar-refractivity contribution in [2.75, 3.05) is 5.32 Å². The van der Waals surface area contributed by atoms with Crippen LogP contribution in [0.4, 0.5) is 5.69 Å². The summed E-state index contributed by atoms with van der Waals surface area (Å²) in [4.78, 5) is 28.2. The highest BCUT2D eigenvalue weighted by molar-refractivity contribution is 6.34. The number of hydrogen-bond donors (Lipinski definition) is 2. The van der Waals surface area contributed by atoms with E-state index >= 15 is 0 Å². The lowest BCUT2D eigenvalue weighted by Crippen LogP contribution is -2.31. The average Bonchev–Trinajstić information content (AvgIpc) is 3.16. The number of imidazole rings is 1. The molecule has 3 aromatic rings. The van der Waals surface area contributed by atoms with E-state index in [1.807, 2.05) is 41.1 Å². The molecule has 2 N–H and O–H groups in total. The minimum absolute atomic E-state index is 0.217. The first kappa shape index (κ1) is 18.7. The van der Waals surface area contributed by atoms with Crippen molar-refractivity contribution in [2.24, 2.45) is 0 Å². The summed E-state index contributed by atoms with van der Waals surface area (Å²) in [5.41, 5.74) is 1.78. The van der Waals surface area contributed by atoms with Crippen molar-refractivity contribution in [1.29, 1.82) is 0 Å². The van der Waals surface area contributed by atoms with Gasteiger partial charge in [-0.25, -0.2) is 4.98 Å². The van der Waals surface area contributed by atoms with Gasteiger partial charge in [0.1, 0.15) is 0 Å². The summed E-state index contributed by atoms with van der Waals surface area (Å²) >= 11 is 6.21. The van der Waals surface area contributed by atoms with E-state index in [-0.39, 0.29) is 17.9 Å². The van der Waals surface area contributed by atoms with E-state index in [1.165, 1.54) is 6.92 Å². The molecule has 0 aliphatic rings. The number of rotatable bonds is 6. The van der Waals surface area contributed by atoms with Crippen LogP contribution in [-0.4, -0.2) is 21.4 Å². The molecule has 6 nitrogen and oxygen atoms in total. The van der Waals surface area contributed by atoms with Gasteiger partial charge < -0.3 is 15.2 Å². The van der Waals surface area contributed by atoms with Gasteiger partial charge in [0.05, 0.1) is 23.0 Å². The highest BCUT2D eigenvalue weighted by Gasteiger charge is 2.18. The van der Waals surface area contributed by atoms with Crippen LogP contribution in [0, 0.1) is 0 Å². The Morgan fingerprint density at radius 3 is 2.63 bits per heavy atom. The third-order valence-electron chi connectivity index (χ3n) is 3.99. The maximum Gasteiger partial charge on any atom is 0.253 e. The summed E-state index contributed by atoms with van der Waals surface area (Å²) in [6.07, 6.45) is 5.23. The molecule has 1 heterocycles. The number of aromatic nitrogens is 2. The lowest BCUT2D eigenvalue weighted by atomic mass is 10.1. The van der Waals surface area contributed by atoms with Gasteiger partial charge in [0.15, 0.2) is 0 Å². The molecular weight excluding hydrogens is 364 g/mol. The largest absolute Gasteiger partial charge is 0.343 e. The summed E-state index contributed by atoms with van der Waals surface area (Å²) in [6.45, 7) is 1.93. The van der Waals surface area contributed by atoms with Gasteiger partial charge in [0.2, 0.25) is 5.91 Å². The Bertz CT molecular complexity index is 926. The van der Waals surface area contributed by atoms with Crippen molar-refractivity contribution in [3.8, 4) is 0 Å². The molecular formula is C20H19ClN4O2. The normalized spacial score (nSPS) is 11.6. The van der Waals surface area contributed by atoms with Crippen molar-refractivity contribution in [1.82, 2.24) is 14.9 Å². The summed E-state index contributed by atoms with van der Waals surface area (Å²) in [5.74, 6) is -0.535. The maximum absolute atomic E-state index is 12.9. The van der Waals surface area contributed by atoms with Crippen molar-refractivity contribution in [3.63, 3.8) is 0 Å². The molecule has 0 saturated carbocycles. The second-order valence-corrected chi connectivity index (χ2v) is 6.48. The molecule has 0 aliphatic heterocycles. The van der Waals surface area contributed by atoms with Crippen LogP contribution in [0.25, 0.3) is 0 Å². The topological polar surface area (TPSA) is 76.0 Å². The molecule has 0 fully saturated rings. The van der Waals surface area contributed by atoms with Gasteiger partial charge in [-0.2, -0.15) is 0 Å². The molecule has 0 spiro atoms. The second-order valence-electron chi connectivity index (χ2n) is 6.07. The van der Waals surface area contributed by atoms with Gasteiger partial charge >= 0.3 is 0 Å². The first-order valence-electron chi connectivity index (χ1n) is 8.41. The Labute approximate surface area is 162 Å². The molecule has 27 heavy (non-hydrogen) atoms. The number of amides is 2. The number of nitrogens with one attached hydrogen (secondary N) is 2. The van der Waals surface area contributed by atoms with E-state index in [0.29, 0.717) is 22.8 Å². The van der Waals surface area contributed by atoms with Gasteiger partial charge in [-0.1, -0.05) is 41.9 Å². The van der Waals surface area contributed by atoms with Crippen molar-refractivity contribution in [3.05, 3.63) is 83.4 Å². The van der Waals surface area contributed by atoms with Crippen LogP contribution >= 0.6 is 11.6 Å². The quantitative estimate of drug-likeness (QED) is 0.683. The Hall–Kier alpha value is -3.12. The molecule has 0 radical (unpaired) electrons. The summed E-state index contributed by atoms with van der Waals surface area (Å²) in [6, 6.07) is 14.2. The molecule has 0 saturated heterocycles. The molecule has 0 aliphatic carbocycles. The maximum atomic E-state index is 12.9. The van der Waals surface area contributed by atoms with E-state index in [0.717, 1.165) is 5.56 Å². The number of halogens is 1. The summed E-state index contributed by atoms with van der Waals surface area (Å²) < 4.78 is 1.90. The molecule has 2 amide bonds.